The molecule has 0 aliphatic heterocycles. The number of aromatic nitrogens is 1. The molecule has 0 aliphatic rings. The molecule has 0 amide bonds. The van der Waals surface area contributed by atoms with Crippen LogP contribution in [0.15, 0.2) is 36.4 Å². The Labute approximate surface area is 128 Å². The first-order valence-corrected chi connectivity index (χ1v) is 7.22. The molecule has 0 bridgehead atoms. The maximum absolute atomic E-state index is 11.3. The maximum Gasteiger partial charge on any atom is 0.336 e. The van der Waals surface area contributed by atoms with Crippen LogP contribution in [-0.2, 0) is 0 Å². The molecule has 0 atom stereocenters. The monoisotopic (exact) mass is 323 g/mol. The average molecular weight is 324 g/mol. The molecule has 0 aliphatic carbocycles. The van der Waals surface area contributed by atoms with Gasteiger partial charge < -0.3 is 5.11 Å². The summed E-state index contributed by atoms with van der Waals surface area (Å²) in [6.45, 7) is 0. The Bertz CT molecular complexity index is 829. The summed E-state index contributed by atoms with van der Waals surface area (Å²) in [5.74, 6) is -1.03. The third-order valence-corrected chi connectivity index (χ3v) is 4.41. The fraction of sp³-hybridized carbons (Fsp3) is 0. The van der Waals surface area contributed by atoms with Gasteiger partial charge >= 0.3 is 5.97 Å². The Morgan fingerprint density at radius 3 is 2.75 bits per heavy atom. The number of carbonyl (C=O) groups is 1. The van der Waals surface area contributed by atoms with Crippen LogP contribution >= 0.6 is 34.5 Å². The number of benzene rings is 2. The molecule has 2 aromatic carbocycles. The van der Waals surface area contributed by atoms with Gasteiger partial charge in [-0.05, 0) is 30.3 Å². The third kappa shape index (κ3) is 2.26. The molecule has 3 nitrogen and oxygen atoms in total. The normalized spacial score (nSPS) is 10.9. The Balaban J connectivity index is 2.28. The van der Waals surface area contributed by atoms with Gasteiger partial charge in [0, 0.05) is 10.6 Å². The van der Waals surface area contributed by atoms with Gasteiger partial charge in [-0.1, -0.05) is 29.3 Å². The van der Waals surface area contributed by atoms with E-state index in [0.29, 0.717) is 20.6 Å². The summed E-state index contributed by atoms with van der Waals surface area (Å²) >= 11 is 13.5. The van der Waals surface area contributed by atoms with Crippen LogP contribution in [0.1, 0.15) is 10.4 Å². The molecule has 3 aromatic rings. The number of hydrogen-bond donors (Lipinski definition) is 1. The highest BCUT2D eigenvalue weighted by molar-refractivity contribution is 7.21. The van der Waals surface area contributed by atoms with Crippen molar-refractivity contribution in [2.45, 2.75) is 0 Å². The molecule has 1 N–H and O–H groups in total. The Kier molecular flexibility index (Phi) is 3.38. The van der Waals surface area contributed by atoms with Gasteiger partial charge in [0.15, 0.2) is 0 Å². The van der Waals surface area contributed by atoms with E-state index in [1.54, 1.807) is 24.3 Å². The van der Waals surface area contributed by atoms with E-state index in [2.05, 4.69) is 4.98 Å². The van der Waals surface area contributed by atoms with Crippen LogP contribution in [-0.4, -0.2) is 16.1 Å². The summed E-state index contributed by atoms with van der Waals surface area (Å²) in [5.41, 5.74) is 1.32. The largest absolute Gasteiger partial charge is 0.478 e. The number of carboxylic acid groups (broad SMARTS) is 1. The topological polar surface area (TPSA) is 50.2 Å². The van der Waals surface area contributed by atoms with Crippen molar-refractivity contribution >= 4 is 50.7 Å². The fourth-order valence-electron chi connectivity index (χ4n) is 1.93. The van der Waals surface area contributed by atoms with Gasteiger partial charge in [0.05, 0.1) is 20.8 Å². The number of aromatic carboxylic acids is 1. The zero-order chi connectivity index (χ0) is 14.3. The fourth-order valence-corrected chi connectivity index (χ4v) is 3.43. The molecule has 0 saturated carbocycles. The molecule has 100 valence electrons. The number of rotatable bonds is 2. The van der Waals surface area contributed by atoms with Gasteiger partial charge in [0.1, 0.15) is 5.01 Å². The number of halogens is 2. The van der Waals surface area contributed by atoms with Crippen LogP contribution in [0, 0.1) is 0 Å². The van der Waals surface area contributed by atoms with Crippen molar-refractivity contribution in [1.82, 2.24) is 4.98 Å². The van der Waals surface area contributed by atoms with Crippen molar-refractivity contribution in [3.63, 3.8) is 0 Å². The SMILES string of the molecule is O=C(O)c1cccc(Cl)c1-c1nc2cc(Cl)ccc2s1. The minimum Gasteiger partial charge on any atom is -0.478 e. The summed E-state index contributed by atoms with van der Waals surface area (Å²) in [7, 11) is 0. The summed E-state index contributed by atoms with van der Waals surface area (Å²) < 4.78 is 0.931. The van der Waals surface area contributed by atoms with Crippen LogP contribution in [0.25, 0.3) is 20.8 Å². The highest BCUT2D eigenvalue weighted by atomic mass is 35.5. The molecule has 1 aromatic heterocycles. The van der Waals surface area contributed by atoms with Crippen molar-refractivity contribution in [3.05, 3.63) is 52.0 Å². The first-order valence-electron chi connectivity index (χ1n) is 5.64. The zero-order valence-corrected chi connectivity index (χ0v) is 12.3. The minimum absolute atomic E-state index is 0.141. The quantitative estimate of drug-likeness (QED) is 0.724. The highest BCUT2D eigenvalue weighted by Gasteiger charge is 2.18. The molecule has 20 heavy (non-hydrogen) atoms. The highest BCUT2D eigenvalue weighted by Crippen LogP contribution is 2.37. The van der Waals surface area contributed by atoms with Gasteiger partial charge in [-0.3, -0.25) is 0 Å². The van der Waals surface area contributed by atoms with E-state index >= 15 is 0 Å². The molecule has 0 unspecified atom stereocenters. The molecular formula is C14H7Cl2NO2S. The van der Waals surface area contributed by atoms with Crippen molar-refractivity contribution in [2.24, 2.45) is 0 Å². The second-order valence-electron chi connectivity index (χ2n) is 4.10. The van der Waals surface area contributed by atoms with E-state index in [0.717, 1.165) is 10.2 Å². The first-order chi connectivity index (χ1) is 9.56. The lowest BCUT2D eigenvalue weighted by Gasteiger charge is -2.04. The van der Waals surface area contributed by atoms with Crippen LogP contribution in [0.5, 0.6) is 0 Å². The van der Waals surface area contributed by atoms with Crippen LogP contribution in [0.4, 0.5) is 0 Å². The second-order valence-corrected chi connectivity index (χ2v) is 5.97. The Morgan fingerprint density at radius 1 is 1.20 bits per heavy atom. The predicted octanol–water partition coefficient (Wildman–Crippen LogP) is 4.97. The van der Waals surface area contributed by atoms with Crippen LogP contribution < -0.4 is 0 Å². The van der Waals surface area contributed by atoms with E-state index in [9.17, 15) is 9.90 Å². The van der Waals surface area contributed by atoms with E-state index in [-0.39, 0.29) is 5.56 Å². The smallest absolute Gasteiger partial charge is 0.336 e. The molecule has 3 rings (SSSR count). The molecule has 0 saturated heterocycles. The number of hydrogen-bond acceptors (Lipinski definition) is 3. The first kappa shape index (κ1) is 13.4. The lowest BCUT2D eigenvalue weighted by molar-refractivity contribution is 0.0697. The van der Waals surface area contributed by atoms with E-state index in [1.807, 2.05) is 6.07 Å². The van der Waals surface area contributed by atoms with Crippen LogP contribution in [0.2, 0.25) is 10.0 Å². The van der Waals surface area contributed by atoms with Gasteiger partial charge in [-0.15, -0.1) is 11.3 Å². The molecule has 6 heteroatoms. The van der Waals surface area contributed by atoms with E-state index < -0.39 is 5.97 Å². The van der Waals surface area contributed by atoms with Crippen LogP contribution in [0.3, 0.4) is 0 Å². The van der Waals surface area contributed by atoms with Crippen molar-refractivity contribution in [3.8, 4) is 10.6 Å². The van der Waals surface area contributed by atoms with Gasteiger partial charge in [-0.2, -0.15) is 0 Å². The number of fused-ring (bicyclic) bond motifs is 1. The third-order valence-electron chi connectivity index (χ3n) is 2.81. The van der Waals surface area contributed by atoms with Gasteiger partial charge in [0.25, 0.3) is 0 Å². The second kappa shape index (κ2) is 5.05. The van der Waals surface area contributed by atoms with E-state index in [4.69, 9.17) is 23.2 Å². The predicted molar refractivity (Wildman–Crippen MR) is 82.0 cm³/mol. The average Bonchev–Trinajstić information content (AvgIpc) is 2.80. The summed E-state index contributed by atoms with van der Waals surface area (Å²) in [6.07, 6.45) is 0. The standard InChI is InChI=1S/C14H7Cl2NO2S/c15-7-4-5-11-10(6-7)17-13(20-11)12-8(14(18)19)2-1-3-9(12)16/h1-6H,(H,18,19). The van der Waals surface area contributed by atoms with Gasteiger partial charge in [0.2, 0.25) is 0 Å². The van der Waals surface area contributed by atoms with Crippen molar-refractivity contribution in [2.75, 3.05) is 0 Å². The molecular weight excluding hydrogens is 317 g/mol. The molecule has 0 spiro atoms. The summed E-state index contributed by atoms with van der Waals surface area (Å²) in [4.78, 5) is 15.7. The van der Waals surface area contributed by atoms with E-state index in [1.165, 1.54) is 17.4 Å². The summed E-state index contributed by atoms with van der Waals surface area (Å²) in [6, 6.07) is 10.2. The molecule has 0 radical (unpaired) electrons. The Morgan fingerprint density at radius 2 is 2.00 bits per heavy atom. The molecule has 1 heterocycles. The maximum atomic E-state index is 11.3. The number of thiazole rings is 1. The Hall–Kier alpha value is -1.62. The summed E-state index contributed by atoms with van der Waals surface area (Å²) in [5, 5.41) is 10.8. The lowest BCUT2D eigenvalue weighted by Crippen LogP contribution is -1.99. The number of carboxylic acids is 1. The van der Waals surface area contributed by atoms with Gasteiger partial charge in [-0.25, -0.2) is 9.78 Å². The molecule has 0 fully saturated rings. The minimum atomic E-state index is -1.03. The number of nitrogens with zero attached hydrogens (tertiary/aromatic N) is 1. The zero-order valence-electron chi connectivity index (χ0n) is 9.93. The van der Waals surface area contributed by atoms with Crippen molar-refractivity contribution < 1.29 is 9.90 Å². The lowest BCUT2D eigenvalue weighted by atomic mass is 10.1. The van der Waals surface area contributed by atoms with Crippen molar-refractivity contribution in [1.29, 1.82) is 0 Å².